The minimum Gasteiger partial charge on any atom is -0.356 e. The molecular formula is C16H29F3IN5S. The lowest BCUT2D eigenvalue weighted by atomic mass is 10.3. The van der Waals surface area contributed by atoms with E-state index in [1.807, 2.05) is 0 Å². The third-order valence-corrected chi connectivity index (χ3v) is 4.69. The zero-order valence-electron chi connectivity index (χ0n) is 15.5. The van der Waals surface area contributed by atoms with E-state index in [2.05, 4.69) is 39.4 Å². The molecule has 5 nitrogen and oxygen atoms in total. The van der Waals surface area contributed by atoms with E-state index in [9.17, 15) is 13.2 Å². The van der Waals surface area contributed by atoms with Crippen LogP contribution in [0.15, 0.2) is 10.4 Å². The topological polar surface area (TPSA) is 52.5 Å². The standard InChI is InChI=1S/C16H28F3N5S.HI/c1-4-24(5-2)11-7-6-9-21-15(20-3)22-10-8-14-23-13(12-25-14)16(17,18)19;/h12H,4-11H2,1-3H3,(H2,20,21,22);1H. The van der Waals surface area contributed by atoms with Gasteiger partial charge in [0, 0.05) is 31.9 Å². The van der Waals surface area contributed by atoms with Crippen LogP contribution >= 0.6 is 35.3 Å². The van der Waals surface area contributed by atoms with Gasteiger partial charge in [0.1, 0.15) is 0 Å². The lowest BCUT2D eigenvalue weighted by Gasteiger charge is -2.18. The van der Waals surface area contributed by atoms with E-state index in [4.69, 9.17) is 0 Å². The fraction of sp³-hybridized carbons (Fsp3) is 0.750. The summed E-state index contributed by atoms with van der Waals surface area (Å²) >= 11 is 1.03. The number of hydrogen-bond acceptors (Lipinski definition) is 4. The van der Waals surface area contributed by atoms with E-state index in [1.54, 1.807) is 7.05 Å². The van der Waals surface area contributed by atoms with Gasteiger partial charge in [-0.3, -0.25) is 4.99 Å². The van der Waals surface area contributed by atoms with Crippen molar-refractivity contribution in [3.8, 4) is 0 Å². The van der Waals surface area contributed by atoms with Crippen LogP contribution < -0.4 is 10.6 Å². The van der Waals surface area contributed by atoms with E-state index in [0.29, 0.717) is 23.9 Å². The summed E-state index contributed by atoms with van der Waals surface area (Å²) in [5, 5.41) is 7.84. The van der Waals surface area contributed by atoms with E-state index >= 15 is 0 Å². The fourth-order valence-corrected chi connectivity index (χ4v) is 3.08. The molecule has 0 fully saturated rings. The summed E-state index contributed by atoms with van der Waals surface area (Å²) in [4.78, 5) is 10.1. The molecule has 0 spiro atoms. The summed E-state index contributed by atoms with van der Waals surface area (Å²) in [5.74, 6) is 0.662. The molecule has 1 aromatic heterocycles. The smallest absolute Gasteiger partial charge is 0.356 e. The molecule has 0 saturated carbocycles. The van der Waals surface area contributed by atoms with Crippen LogP contribution in [-0.2, 0) is 12.6 Å². The number of alkyl halides is 3. The van der Waals surface area contributed by atoms with Gasteiger partial charge < -0.3 is 15.5 Å². The average molecular weight is 507 g/mol. The second-order valence-corrected chi connectivity index (χ2v) is 6.48. The Hall–Kier alpha value is -0.620. The second-order valence-electron chi connectivity index (χ2n) is 5.53. The van der Waals surface area contributed by atoms with Gasteiger partial charge in [-0.1, -0.05) is 13.8 Å². The molecule has 0 aromatic carbocycles. The van der Waals surface area contributed by atoms with Crippen LogP contribution in [0.25, 0.3) is 0 Å². The molecule has 0 unspecified atom stereocenters. The molecule has 1 rings (SSSR count). The van der Waals surface area contributed by atoms with Gasteiger partial charge in [0.25, 0.3) is 0 Å². The van der Waals surface area contributed by atoms with Crippen molar-refractivity contribution >= 4 is 41.3 Å². The van der Waals surface area contributed by atoms with Gasteiger partial charge in [-0.15, -0.1) is 35.3 Å². The summed E-state index contributed by atoms with van der Waals surface area (Å²) in [6, 6.07) is 0. The van der Waals surface area contributed by atoms with Crippen LogP contribution in [0, 0.1) is 0 Å². The fourth-order valence-electron chi connectivity index (χ4n) is 2.27. The number of aliphatic imine (C=N–C) groups is 1. The van der Waals surface area contributed by atoms with Crippen LogP contribution in [0.2, 0.25) is 0 Å². The second kappa shape index (κ2) is 13.5. The molecule has 0 atom stereocenters. The van der Waals surface area contributed by atoms with Gasteiger partial charge in [0.05, 0.1) is 5.01 Å². The van der Waals surface area contributed by atoms with Crippen LogP contribution in [0.1, 0.15) is 37.4 Å². The Balaban J connectivity index is 0.00000625. The van der Waals surface area contributed by atoms with Crippen molar-refractivity contribution in [1.82, 2.24) is 20.5 Å². The molecular weight excluding hydrogens is 478 g/mol. The normalized spacial score (nSPS) is 12.2. The van der Waals surface area contributed by atoms with E-state index in [1.165, 1.54) is 0 Å². The number of nitrogens with one attached hydrogen (secondary N) is 2. The maximum atomic E-state index is 12.5. The van der Waals surface area contributed by atoms with Crippen LogP contribution in [-0.4, -0.2) is 55.6 Å². The Morgan fingerprint density at radius 1 is 1.19 bits per heavy atom. The van der Waals surface area contributed by atoms with Gasteiger partial charge in [-0.05, 0) is 32.5 Å². The summed E-state index contributed by atoms with van der Waals surface area (Å²) in [7, 11) is 1.68. The van der Waals surface area contributed by atoms with Crippen molar-refractivity contribution in [2.24, 2.45) is 4.99 Å². The van der Waals surface area contributed by atoms with Crippen LogP contribution in [0.5, 0.6) is 0 Å². The third kappa shape index (κ3) is 9.91. The quantitative estimate of drug-likeness (QED) is 0.220. The van der Waals surface area contributed by atoms with Gasteiger partial charge in [0.2, 0.25) is 0 Å². The highest BCUT2D eigenvalue weighted by Crippen LogP contribution is 2.29. The number of halogens is 4. The summed E-state index contributed by atoms with van der Waals surface area (Å²) in [6.45, 7) is 8.85. The van der Waals surface area contributed by atoms with Crippen molar-refractivity contribution in [2.75, 3.05) is 39.8 Å². The highest BCUT2D eigenvalue weighted by Gasteiger charge is 2.33. The molecule has 0 aliphatic heterocycles. The molecule has 0 saturated heterocycles. The number of unbranched alkanes of at least 4 members (excludes halogenated alkanes) is 1. The number of rotatable bonds is 10. The number of nitrogens with zero attached hydrogens (tertiary/aromatic N) is 3. The van der Waals surface area contributed by atoms with Gasteiger partial charge in [0.15, 0.2) is 11.7 Å². The largest absolute Gasteiger partial charge is 0.434 e. The minimum absolute atomic E-state index is 0. The summed E-state index contributed by atoms with van der Waals surface area (Å²) in [6.07, 6.45) is -1.78. The first-order valence-electron chi connectivity index (χ1n) is 8.59. The van der Waals surface area contributed by atoms with Crippen molar-refractivity contribution in [3.63, 3.8) is 0 Å². The lowest BCUT2D eigenvalue weighted by molar-refractivity contribution is -0.140. The highest BCUT2D eigenvalue weighted by atomic mass is 127. The Labute approximate surface area is 174 Å². The Kier molecular flexibility index (Phi) is 13.2. The maximum absolute atomic E-state index is 12.5. The van der Waals surface area contributed by atoms with Crippen molar-refractivity contribution in [3.05, 3.63) is 16.1 Å². The SMILES string of the molecule is CCN(CC)CCCCNC(=NC)NCCc1nc(C(F)(F)F)cs1.I. The molecule has 0 aliphatic carbocycles. The van der Waals surface area contributed by atoms with Gasteiger partial charge in [-0.2, -0.15) is 13.2 Å². The van der Waals surface area contributed by atoms with Crippen LogP contribution in [0.4, 0.5) is 13.2 Å². The zero-order valence-corrected chi connectivity index (χ0v) is 18.7. The number of aromatic nitrogens is 1. The monoisotopic (exact) mass is 507 g/mol. The minimum atomic E-state index is -4.37. The molecule has 0 radical (unpaired) electrons. The first-order valence-corrected chi connectivity index (χ1v) is 9.47. The molecule has 0 aliphatic rings. The lowest BCUT2D eigenvalue weighted by Crippen LogP contribution is -2.39. The van der Waals surface area contributed by atoms with E-state index in [-0.39, 0.29) is 24.0 Å². The molecule has 152 valence electrons. The Morgan fingerprint density at radius 3 is 2.38 bits per heavy atom. The molecule has 0 bridgehead atoms. The predicted molar refractivity (Wildman–Crippen MR) is 113 cm³/mol. The maximum Gasteiger partial charge on any atom is 0.434 e. The van der Waals surface area contributed by atoms with E-state index in [0.717, 1.165) is 55.7 Å². The van der Waals surface area contributed by atoms with Crippen molar-refractivity contribution in [2.45, 2.75) is 39.3 Å². The summed E-state index contributed by atoms with van der Waals surface area (Å²) in [5.41, 5.74) is -0.816. The molecule has 1 aromatic rings. The molecule has 10 heteroatoms. The first-order chi connectivity index (χ1) is 11.9. The predicted octanol–water partition coefficient (Wildman–Crippen LogP) is 3.61. The first kappa shape index (κ1) is 25.4. The molecule has 2 N–H and O–H groups in total. The Morgan fingerprint density at radius 2 is 1.85 bits per heavy atom. The number of thiazole rings is 1. The molecule has 1 heterocycles. The summed E-state index contributed by atoms with van der Waals surface area (Å²) < 4.78 is 37.5. The van der Waals surface area contributed by atoms with E-state index < -0.39 is 11.9 Å². The van der Waals surface area contributed by atoms with Crippen molar-refractivity contribution < 1.29 is 13.2 Å². The highest BCUT2D eigenvalue weighted by molar-refractivity contribution is 14.0. The van der Waals surface area contributed by atoms with Gasteiger partial charge in [-0.25, -0.2) is 4.98 Å². The third-order valence-electron chi connectivity index (χ3n) is 3.79. The zero-order chi connectivity index (χ0) is 18.7. The van der Waals surface area contributed by atoms with Crippen molar-refractivity contribution in [1.29, 1.82) is 0 Å². The molecule has 0 amide bonds. The number of hydrogen-bond donors (Lipinski definition) is 2. The van der Waals surface area contributed by atoms with Gasteiger partial charge >= 0.3 is 6.18 Å². The Bertz CT molecular complexity index is 518. The number of guanidine groups is 1. The molecule has 26 heavy (non-hydrogen) atoms. The average Bonchev–Trinajstić information content (AvgIpc) is 3.05. The van der Waals surface area contributed by atoms with Crippen LogP contribution in [0.3, 0.4) is 0 Å².